The first-order chi connectivity index (χ1) is 17.6. The molecule has 0 saturated carbocycles. The third-order valence-electron chi connectivity index (χ3n) is 4.43. The van der Waals surface area contributed by atoms with Crippen molar-refractivity contribution in [3.8, 4) is 11.6 Å². The van der Waals surface area contributed by atoms with Gasteiger partial charge >= 0.3 is 6.18 Å². The molecule has 2 rings (SSSR count). The first-order valence-corrected chi connectivity index (χ1v) is 12.3. The minimum atomic E-state index is -4.40. The first-order valence-electron chi connectivity index (χ1n) is 12.3. The number of nitrogens with one attached hydrogen (secondary N) is 1. The second-order valence-corrected chi connectivity index (χ2v) is 7.66. The smallest absolute Gasteiger partial charge is 0.417 e. The molecule has 1 aromatic carbocycles. The molecule has 1 amide bonds. The number of pyridine rings is 1. The number of alkyl halides is 3. The Kier molecular flexibility index (Phi) is 16.8. The number of carbonyl (C=O) groups is 1. The van der Waals surface area contributed by atoms with Gasteiger partial charge in [0, 0.05) is 24.9 Å². The molecule has 0 spiro atoms. The van der Waals surface area contributed by atoms with Gasteiger partial charge in [0.15, 0.2) is 0 Å². The first kappa shape index (κ1) is 33.4. The van der Waals surface area contributed by atoms with Crippen LogP contribution in [0.4, 0.5) is 13.2 Å². The van der Waals surface area contributed by atoms with Crippen LogP contribution in [0.3, 0.4) is 0 Å². The number of aromatic nitrogens is 1. The Morgan fingerprint density at radius 1 is 1.11 bits per heavy atom. The van der Waals surface area contributed by atoms with Crippen molar-refractivity contribution < 1.29 is 22.7 Å². The number of hydrogen-bond acceptors (Lipinski definition) is 3. The number of halogens is 3. The number of benzene rings is 1. The summed E-state index contributed by atoms with van der Waals surface area (Å²) in [5, 5.41) is 2.51. The van der Waals surface area contributed by atoms with Gasteiger partial charge in [-0.05, 0) is 42.7 Å². The lowest BCUT2D eigenvalue weighted by molar-refractivity contribution is -0.137. The number of amides is 1. The average molecular weight is 517 g/mol. The van der Waals surface area contributed by atoms with E-state index >= 15 is 0 Å². The Labute approximate surface area is 219 Å². The highest BCUT2D eigenvalue weighted by molar-refractivity contribution is 5.75. The van der Waals surface area contributed by atoms with Gasteiger partial charge in [0.05, 0.1) is 5.56 Å². The Hall–Kier alpha value is -3.61. The van der Waals surface area contributed by atoms with Crippen LogP contribution < -0.4 is 10.1 Å². The van der Waals surface area contributed by atoms with Crippen molar-refractivity contribution in [1.82, 2.24) is 10.3 Å². The topological polar surface area (TPSA) is 51.2 Å². The van der Waals surface area contributed by atoms with Gasteiger partial charge in [0.25, 0.3) is 0 Å². The maximum atomic E-state index is 12.6. The van der Waals surface area contributed by atoms with E-state index in [1.54, 1.807) is 24.3 Å². The number of nitrogens with zero attached hydrogens (tertiary/aromatic N) is 1. The van der Waals surface area contributed by atoms with Gasteiger partial charge in [-0.15, -0.1) is 0 Å². The minimum Gasteiger partial charge on any atom is -0.439 e. The predicted octanol–water partition coefficient (Wildman–Crippen LogP) is 9.28. The lowest BCUT2D eigenvalue weighted by Crippen LogP contribution is -2.16. The molecule has 202 valence electrons. The van der Waals surface area contributed by atoms with Crippen molar-refractivity contribution in [2.45, 2.75) is 66.5 Å². The number of rotatable bonds is 10. The molecule has 0 bridgehead atoms. The maximum Gasteiger partial charge on any atom is 0.417 e. The summed E-state index contributed by atoms with van der Waals surface area (Å²) in [7, 11) is 0. The fourth-order valence-corrected chi connectivity index (χ4v) is 3.00. The molecule has 2 aromatic rings. The Balaban J connectivity index is 0.000000910. The fraction of sp³-hybridized carbons (Fsp3) is 0.333. The third kappa shape index (κ3) is 15.2. The van der Waals surface area contributed by atoms with Crippen LogP contribution in [0.5, 0.6) is 11.6 Å². The number of ether oxygens (including phenoxy) is 1. The van der Waals surface area contributed by atoms with Crippen LogP contribution >= 0.6 is 0 Å². The van der Waals surface area contributed by atoms with E-state index in [4.69, 9.17) is 4.74 Å². The second kappa shape index (κ2) is 18.6. The summed E-state index contributed by atoms with van der Waals surface area (Å²) in [5.41, 5.74) is 2.18. The van der Waals surface area contributed by atoms with Crippen molar-refractivity contribution in [1.29, 1.82) is 0 Å². The summed E-state index contributed by atoms with van der Waals surface area (Å²) < 4.78 is 43.3. The molecule has 4 nitrogen and oxygen atoms in total. The maximum absolute atomic E-state index is 12.6. The van der Waals surface area contributed by atoms with Crippen molar-refractivity contribution >= 4 is 12.0 Å². The van der Waals surface area contributed by atoms with Gasteiger partial charge < -0.3 is 10.1 Å². The number of allylic oxidation sites excluding steroid dienone is 4. The standard InChI is InChI=1S/C20H22F3NO.C8H11NO.C2H6/c1-3-6-15(7-4-2)12-16-8-5-9-18(13-16)25-19-11-10-17(14-24-19)20(21,22)23;1-4-5-6-7(2)9-8(3)10;1-2/h5,8-14H,3-4,6-7H2,1-2H3;4-6H,1-2H2,3H3,(H,9,10);1-2H3/b;6-5-;. The van der Waals surface area contributed by atoms with Crippen LogP contribution in [0.25, 0.3) is 6.08 Å². The zero-order valence-corrected chi connectivity index (χ0v) is 22.5. The van der Waals surface area contributed by atoms with E-state index < -0.39 is 11.7 Å². The quantitative estimate of drug-likeness (QED) is 0.320. The lowest BCUT2D eigenvalue weighted by Gasteiger charge is -2.09. The summed E-state index contributed by atoms with van der Waals surface area (Å²) >= 11 is 0. The summed E-state index contributed by atoms with van der Waals surface area (Å²) in [4.78, 5) is 14.1. The van der Waals surface area contributed by atoms with Crippen molar-refractivity contribution in [2.75, 3.05) is 0 Å². The molecule has 0 radical (unpaired) electrons. The third-order valence-corrected chi connectivity index (χ3v) is 4.43. The molecule has 0 aliphatic rings. The fourth-order valence-electron chi connectivity index (χ4n) is 3.00. The molecule has 0 aliphatic heterocycles. The van der Waals surface area contributed by atoms with Crippen LogP contribution in [0.15, 0.2) is 85.3 Å². The predicted molar refractivity (Wildman–Crippen MR) is 147 cm³/mol. The SMILES string of the molecule is C=C/C=C\C(=C)NC(C)=O.CC.CCCC(=Cc1cccc(Oc2ccc(C(F)(F)F)cn2)c1)CCC. The van der Waals surface area contributed by atoms with E-state index in [1.807, 2.05) is 32.0 Å². The molecule has 0 atom stereocenters. The van der Waals surface area contributed by atoms with Gasteiger partial charge in [-0.3, -0.25) is 4.79 Å². The Morgan fingerprint density at radius 3 is 2.24 bits per heavy atom. The summed E-state index contributed by atoms with van der Waals surface area (Å²) in [6.45, 7) is 16.8. The summed E-state index contributed by atoms with van der Waals surface area (Å²) in [6, 6.07) is 9.66. The molecule has 1 heterocycles. The van der Waals surface area contributed by atoms with Gasteiger partial charge in [-0.1, -0.05) is 89.6 Å². The number of hydrogen-bond donors (Lipinski definition) is 1. The highest BCUT2D eigenvalue weighted by Gasteiger charge is 2.30. The van der Waals surface area contributed by atoms with Crippen molar-refractivity contribution in [2.24, 2.45) is 0 Å². The Bertz CT molecular complexity index is 1020. The highest BCUT2D eigenvalue weighted by atomic mass is 19.4. The zero-order valence-electron chi connectivity index (χ0n) is 22.5. The van der Waals surface area contributed by atoms with Crippen LogP contribution in [0, 0.1) is 0 Å². The Morgan fingerprint density at radius 2 is 1.76 bits per heavy atom. The minimum absolute atomic E-state index is 0.112. The molecule has 0 aliphatic carbocycles. The molecule has 7 heteroatoms. The van der Waals surface area contributed by atoms with E-state index in [9.17, 15) is 18.0 Å². The van der Waals surface area contributed by atoms with E-state index in [0.717, 1.165) is 43.5 Å². The zero-order chi connectivity index (χ0) is 28.3. The van der Waals surface area contributed by atoms with Crippen LogP contribution in [-0.2, 0) is 11.0 Å². The molecule has 0 saturated heterocycles. The monoisotopic (exact) mass is 516 g/mol. The molecule has 1 N–H and O–H groups in total. The summed E-state index contributed by atoms with van der Waals surface area (Å²) in [5.74, 6) is 0.573. The molecule has 1 aromatic heterocycles. The largest absolute Gasteiger partial charge is 0.439 e. The molecule has 37 heavy (non-hydrogen) atoms. The highest BCUT2D eigenvalue weighted by Crippen LogP contribution is 2.30. The van der Waals surface area contributed by atoms with Crippen LogP contribution in [0.2, 0.25) is 0 Å². The number of carbonyl (C=O) groups excluding carboxylic acids is 1. The molecular weight excluding hydrogens is 477 g/mol. The van der Waals surface area contributed by atoms with E-state index in [0.29, 0.717) is 11.4 Å². The van der Waals surface area contributed by atoms with Gasteiger partial charge in [0.1, 0.15) is 5.75 Å². The van der Waals surface area contributed by atoms with Crippen molar-refractivity contribution in [3.63, 3.8) is 0 Å². The van der Waals surface area contributed by atoms with Crippen LogP contribution in [0.1, 0.15) is 71.4 Å². The lowest BCUT2D eigenvalue weighted by atomic mass is 10.0. The van der Waals surface area contributed by atoms with Gasteiger partial charge in [0.2, 0.25) is 11.8 Å². The molecular formula is C30H39F3N2O2. The summed E-state index contributed by atoms with van der Waals surface area (Å²) in [6.07, 6.45) is 7.83. The van der Waals surface area contributed by atoms with Crippen molar-refractivity contribution in [3.05, 3.63) is 96.4 Å². The molecule has 0 fully saturated rings. The van der Waals surface area contributed by atoms with E-state index in [1.165, 1.54) is 18.6 Å². The molecule has 0 unspecified atom stereocenters. The average Bonchev–Trinajstić information content (AvgIpc) is 2.84. The van der Waals surface area contributed by atoms with Gasteiger partial charge in [-0.25, -0.2) is 4.98 Å². The second-order valence-electron chi connectivity index (χ2n) is 7.66. The van der Waals surface area contributed by atoms with E-state index in [-0.39, 0.29) is 11.8 Å². The van der Waals surface area contributed by atoms with Crippen LogP contribution in [-0.4, -0.2) is 10.9 Å². The van der Waals surface area contributed by atoms with Gasteiger partial charge in [-0.2, -0.15) is 13.2 Å². The normalized spacial score (nSPS) is 10.3. The van der Waals surface area contributed by atoms with E-state index in [2.05, 4.69) is 43.4 Å².